The predicted octanol–water partition coefficient (Wildman–Crippen LogP) is 5.12. The van der Waals surface area contributed by atoms with Gasteiger partial charge in [-0.25, -0.2) is 4.79 Å². The summed E-state index contributed by atoms with van der Waals surface area (Å²) in [7, 11) is 0. The van der Waals surface area contributed by atoms with Crippen LogP contribution in [-0.4, -0.2) is 9.97 Å². The number of hydrogen-bond acceptors (Lipinski definition) is 3. The minimum atomic E-state index is -0.214. The van der Waals surface area contributed by atoms with Gasteiger partial charge < -0.3 is 20.0 Å². The molecular weight excluding hydrogens is 397 g/mol. The van der Waals surface area contributed by atoms with Crippen LogP contribution in [0.2, 0.25) is 5.02 Å². The Bertz CT molecular complexity index is 1120. The zero-order chi connectivity index (χ0) is 18.6. The van der Waals surface area contributed by atoms with E-state index >= 15 is 0 Å². The highest BCUT2D eigenvalue weighted by molar-refractivity contribution is 6.30. The van der Waals surface area contributed by atoms with Gasteiger partial charge in [-0.3, -0.25) is 0 Å². The van der Waals surface area contributed by atoms with Crippen molar-refractivity contribution < 1.29 is 4.74 Å². The summed E-state index contributed by atoms with van der Waals surface area (Å²) in [4.78, 5) is 16.9. The van der Waals surface area contributed by atoms with Crippen molar-refractivity contribution >= 4 is 40.7 Å². The lowest BCUT2D eigenvalue weighted by Crippen LogP contribution is -2.04. The second-order valence-corrected chi connectivity index (χ2v) is 6.66. The first-order valence-electron chi connectivity index (χ1n) is 8.58. The van der Waals surface area contributed by atoms with Gasteiger partial charge in [0.25, 0.3) is 0 Å². The fourth-order valence-electron chi connectivity index (χ4n) is 2.90. The standard InChI is InChI=1S/C21H18ClN3O2.ClH/c22-16-6-9-20(27-13-14-4-2-1-3-5-14)15(10-16)12-23-17-7-8-18-19(11-17)25-21(26)24-18;/h1-11,23H,12-13H2,(H2,24,25,26);1H. The van der Waals surface area contributed by atoms with Gasteiger partial charge in [-0.15, -0.1) is 12.4 Å². The molecule has 5 nitrogen and oxygen atoms in total. The summed E-state index contributed by atoms with van der Waals surface area (Å²) in [5.74, 6) is 0.784. The topological polar surface area (TPSA) is 69.9 Å². The summed E-state index contributed by atoms with van der Waals surface area (Å²) in [6, 6.07) is 21.3. The predicted molar refractivity (Wildman–Crippen MR) is 116 cm³/mol. The maximum absolute atomic E-state index is 11.4. The molecule has 0 aliphatic rings. The second-order valence-electron chi connectivity index (χ2n) is 6.22. The molecule has 0 aliphatic heterocycles. The van der Waals surface area contributed by atoms with E-state index in [0.717, 1.165) is 33.6 Å². The Labute approximate surface area is 173 Å². The van der Waals surface area contributed by atoms with Crippen molar-refractivity contribution in [3.8, 4) is 5.75 Å². The van der Waals surface area contributed by atoms with Crippen LogP contribution < -0.4 is 15.7 Å². The van der Waals surface area contributed by atoms with Gasteiger partial charge in [0, 0.05) is 22.8 Å². The molecule has 4 aromatic rings. The number of aromatic nitrogens is 2. The lowest BCUT2D eigenvalue weighted by Gasteiger charge is -2.13. The van der Waals surface area contributed by atoms with Crippen molar-refractivity contribution in [1.82, 2.24) is 9.97 Å². The molecule has 0 atom stereocenters. The van der Waals surface area contributed by atoms with E-state index in [1.165, 1.54) is 0 Å². The van der Waals surface area contributed by atoms with Gasteiger partial charge in [-0.05, 0) is 42.0 Å². The van der Waals surface area contributed by atoms with Crippen LogP contribution >= 0.6 is 24.0 Å². The van der Waals surface area contributed by atoms with Crippen LogP contribution in [0.25, 0.3) is 11.0 Å². The fraction of sp³-hybridized carbons (Fsp3) is 0.0952. The highest BCUT2D eigenvalue weighted by atomic mass is 35.5. The van der Waals surface area contributed by atoms with E-state index in [1.807, 2.05) is 66.7 Å². The molecule has 144 valence electrons. The molecule has 0 amide bonds. The lowest BCUT2D eigenvalue weighted by molar-refractivity contribution is 0.303. The van der Waals surface area contributed by atoms with Gasteiger partial charge in [0.15, 0.2) is 0 Å². The first-order valence-corrected chi connectivity index (χ1v) is 8.96. The van der Waals surface area contributed by atoms with Crippen LogP contribution in [0.4, 0.5) is 5.69 Å². The fourth-order valence-corrected chi connectivity index (χ4v) is 3.10. The summed E-state index contributed by atoms with van der Waals surface area (Å²) in [5, 5.41) is 4.01. The quantitative estimate of drug-likeness (QED) is 0.409. The molecule has 1 aromatic heterocycles. The largest absolute Gasteiger partial charge is 0.489 e. The van der Waals surface area contributed by atoms with Crippen molar-refractivity contribution in [3.05, 3.63) is 93.4 Å². The molecule has 4 rings (SSSR count). The number of fused-ring (bicyclic) bond motifs is 1. The summed E-state index contributed by atoms with van der Waals surface area (Å²) in [6.45, 7) is 1.04. The minimum Gasteiger partial charge on any atom is -0.489 e. The number of halogens is 2. The molecule has 0 bridgehead atoms. The zero-order valence-corrected chi connectivity index (χ0v) is 16.4. The van der Waals surface area contributed by atoms with Gasteiger partial charge in [0.2, 0.25) is 0 Å². The summed E-state index contributed by atoms with van der Waals surface area (Å²) in [5.41, 5.74) is 4.28. The Kier molecular flexibility index (Phi) is 6.29. The van der Waals surface area contributed by atoms with Crippen LogP contribution in [0.5, 0.6) is 5.75 Å². The van der Waals surface area contributed by atoms with Gasteiger partial charge in [0.05, 0.1) is 11.0 Å². The van der Waals surface area contributed by atoms with E-state index < -0.39 is 0 Å². The number of H-pyrrole nitrogens is 2. The van der Waals surface area contributed by atoms with Crippen molar-refractivity contribution in [2.45, 2.75) is 13.2 Å². The molecule has 3 N–H and O–H groups in total. The Hall–Kier alpha value is -2.89. The molecule has 0 spiro atoms. The molecule has 0 saturated heterocycles. The van der Waals surface area contributed by atoms with Crippen LogP contribution in [0, 0.1) is 0 Å². The highest BCUT2D eigenvalue weighted by Crippen LogP contribution is 2.25. The minimum absolute atomic E-state index is 0. The number of anilines is 1. The maximum Gasteiger partial charge on any atom is 0.323 e. The zero-order valence-electron chi connectivity index (χ0n) is 14.9. The van der Waals surface area contributed by atoms with Gasteiger partial charge >= 0.3 is 5.69 Å². The Morgan fingerprint density at radius 3 is 2.54 bits per heavy atom. The molecule has 0 radical (unpaired) electrons. The van der Waals surface area contributed by atoms with Crippen molar-refractivity contribution in [3.63, 3.8) is 0 Å². The van der Waals surface area contributed by atoms with Crippen LogP contribution in [-0.2, 0) is 13.2 Å². The number of nitrogens with one attached hydrogen (secondary N) is 3. The molecule has 0 fully saturated rings. The molecular formula is C21H19Cl2N3O2. The monoisotopic (exact) mass is 415 g/mol. The van der Waals surface area contributed by atoms with Gasteiger partial charge in [-0.2, -0.15) is 0 Å². The first-order chi connectivity index (χ1) is 13.2. The third-order valence-electron chi connectivity index (χ3n) is 4.26. The van der Waals surface area contributed by atoms with Crippen molar-refractivity contribution in [1.29, 1.82) is 0 Å². The molecule has 3 aromatic carbocycles. The number of rotatable bonds is 6. The third-order valence-corrected chi connectivity index (χ3v) is 4.49. The number of hydrogen-bond donors (Lipinski definition) is 3. The van der Waals surface area contributed by atoms with Gasteiger partial charge in [-0.1, -0.05) is 41.9 Å². The maximum atomic E-state index is 11.4. The average molecular weight is 416 g/mol. The first kappa shape index (κ1) is 19.9. The molecule has 0 unspecified atom stereocenters. The molecule has 1 heterocycles. The van der Waals surface area contributed by atoms with Crippen molar-refractivity contribution in [2.75, 3.05) is 5.32 Å². The third kappa shape index (κ3) is 4.68. The number of aromatic amines is 2. The summed E-state index contributed by atoms with van der Waals surface area (Å²) < 4.78 is 5.99. The second kappa shape index (κ2) is 8.87. The number of imidazole rings is 1. The average Bonchev–Trinajstić information content (AvgIpc) is 3.05. The lowest BCUT2D eigenvalue weighted by atomic mass is 10.2. The highest BCUT2D eigenvalue weighted by Gasteiger charge is 2.07. The van der Waals surface area contributed by atoms with Gasteiger partial charge in [0.1, 0.15) is 12.4 Å². The SMILES string of the molecule is Cl.O=c1[nH]c2ccc(NCc3cc(Cl)ccc3OCc3ccccc3)cc2[nH]1. The van der Waals surface area contributed by atoms with E-state index in [-0.39, 0.29) is 18.1 Å². The smallest absolute Gasteiger partial charge is 0.323 e. The number of ether oxygens (including phenoxy) is 1. The Morgan fingerprint density at radius 2 is 1.71 bits per heavy atom. The van der Waals surface area contributed by atoms with Crippen LogP contribution in [0.15, 0.2) is 71.5 Å². The van der Waals surface area contributed by atoms with Crippen molar-refractivity contribution in [2.24, 2.45) is 0 Å². The molecule has 0 saturated carbocycles. The van der Waals surface area contributed by atoms with E-state index in [4.69, 9.17) is 16.3 Å². The van der Waals surface area contributed by atoms with E-state index in [9.17, 15) is 4.79 Å². The van der Waals surface area contributed by atoms with Crippen LogP contribution in [0.3, 0.4) is 0 Å². The normalized spacial score (nSPS) is 10.5. The van der Waals surface area contributed by atoms with E-state index in [1.54, 1.807) is 0 Å². The van der Waals surface area contributed by atoms with E-state index in [2.05, 4.69) is 15.3 Å². The molecule has 28 heavy (non-hydrogen) atoms. The summed E-state index contributed by atoms with van der Waals surface area (Å²) in [6.07, 6.45) is 0. The molecule has 7 heteroatoms. The van der Waals surface area contributed by atoms with Crippen LogP contribution in [0.1, 0.15) is 11.1 Å². The Balaban J connectivity index is 0.00000225. The summed E-state index contributed by atoms with van der Waals surface area (Å²) >= 11 is 6.17. The number of benzene rings is 3. The Morgan fingerprint density at radius 1 is 0.929 bits per heavy atom. The van der Waals surface area contributed by atoms with E-state index in [0.29, 0.717) is 18.2 Å². The molecule has 0 aliphatic carbocycles.